The fourth-order valence-corrected chi connectivity index (χ4v) is 2.01. The van der Waals surface area contributed by atoms with Crippen molar-refractivity contribution >= 4 is 11.6 Å². The van der Waals surface area contributed by atoms with Gasteiger partial charge < -0.3 is 5.32 Å². The van der Waals surface area contributed by atoms with Crippen LogP contribution in [0.15, 0.2) is 18.3 Å². The first-order chi connectivity index (χ1) is 8.11. The number of nitrogens with one attached hydrogen (secondary N) is 1. The Hall–Kier alpha value is -1.58. The van der Waals surface area contributed by atoms with Crippen LogP contribution in [0.5, 0.6) is 0 Å². The number of hydrogen-bond donors (Lipinski definition) is 1. The zero-order valence-electron chi connectivity index (χ0n) is 10.9. The molecule has 2 aromatic heterocycles. The lowest BCUT2D eigenvalue weighted by atomic mass is 10.0. The zero-order chi connectivity index (χ0) is 12.4. The average Bonchev–Trinajstić information content (AvgIpc) is 2.69. The number of aromatic nitrogens is 3. The van der Waals surface area contributed by atoms with Crippen LogP contribution >= 0.6 is 0 Å². The molecule has 0 bridgehead atoms. The predicted octanol–water partition coefficient (Wildman–Crippen LogP) is 2.88. The Labute approximate surface area is 102 Å². The van der Waals surface area contributed by atoms with Crippen LogP contribution in [-0.4, -0.2) is 20.6 Å². The Balaban J connectivity index is 2.28. The van der Waals surface area contributed by atoms with Crippen molar-refractivity contribution in [3.8, 4) is 0 Å². The highest BCUT2D eigenvalue weighted by Gasteiger charge is 2.13. The summed E-state index contributed by atoms with van der Waals surface area (Å²) >= 11 is 0. The third kappa shape index (κ3) is 2.40. The second-order valence-electron chi connectivity index (χ2n) is 4.80. The Morgan fingerprint density at radius 3 is 2.76 bits per heavy atom. The van der Waals surface area contributed by atoms with Crippen molar-refractivity contribution in [3.05, 3.63) is 23.9 Å². The molecule has 4 nitrogen and oxygen atoms in total. The smallest absolute Gasteiger partial charge is 0.243 e. The quantitative estimate of drug-likeness (QED) is 0.881. The van der Waals surface area contributed by atoms with Gasteiger partial charge in [-0.05, 0) is 30.9 Å². The van der Waals surface area contributed by atoms with Crippen molar-refractivity contribution in [2.24, 2.45) is 5.92 Å². The van der Waals surface area contributed by atoms with Crippen LogP contribution in [-0.2, 0) is 0 Å². The van der Waals surface area contributed by atoms with E-state index in [0.29, 0.717) is 12.0 Å². The number of aryl methyl sites for hydroxylation is 1. The first kappa shape index (κ1) is 11.9. The molecule has 2 heterocycles. The second-order valence-corrected chi connectivity index (χ2v) is 4.80. The fraction of sp³-hybridized carbons (Fsp3) is 0.538. The molecule has 0 fully saturated rings. The lowest BCUT2D eigenvalue weighted by molar-refractivity contribution is 0.508. The third-order valence-corrected chi connectivity index (χ3v) is 3.12. The van der Waals surface area contributed by atoms with E-state index < -0.39 is 0 Å². The van der Waals surface area contributed by atoms with Crippen molar-refractivity contribution < 1.29 is 0 Å². The first-order valence-electron chi connectivity index (χ1n) is 6.20. The summed E-state index contributed by atoms with van der Waals surface area (Å²) in [5.74, 6) is 1.30. The molecule has 0 saturated heterocycles. The summed E-state index contributed by atoms with van der Waals surface area (Å²) in [4.78, 5) is 4.52. The maximum Gasteiger partial charge on any atom is 0.243 e. The maximum atomic E-state index is 4.52. The highest BCUT2D eigenvalue weighted by Crippen LogP contribution is 2.14. The van der Waals surface area contributed by atoms with Crippen molar-refractivity contribution in [1.82, 2.24) is 14.6 Å². The molecule has 0 spiro atoms. The van der Waals surface area contributed by atoms with E-state index in [1.807, 2.05) is 29.8 Å². The molecule has 0 amide bonds. The minimum absolute atomic E-state index is 0.424. The minimum atomic E-state index is 0.424. The van der Waals surface area contributed by atoms with Gasteiger partial charge in [0.2, 0.25) is 5.95 Å². The summed E-state index contributed by atoms with van der Waals surface area (Å²) in [6, 6.07) is 4.46. The van der Waals surface area contributed by atoms with Gasteiger partial charge in [0.1, 0.15) is 0 Å². The van der Waals surface area contributed by atoms with Gasteiger partial charge in [-0.3, -0.25) is 0 Å². The predicted molar refractivity (Wildman–Crippen MR) is 70.3 cm³/mol. The van der Waals surface area contributed by atoms with E-state index in [9.17, 15) is 0 Å². The number of pyridine rings is 1. The summed E-state index contributed by atoms with van der Waals surface area (Å²) in [7, 11) is 0. The Bertz CT molecular complexity index is 501. The number of hydrogen-bond acceptors (Lipinski definition) is 3. The lowest BCUT2D eigenvalue weighted by Crippen LogP contribution is -2.25. The maximum absolute atomic E-state index is 4.52. The largest absolute Gasteiger partial charge is 0.350 e. The van der Waals surface area contributed by atoms with E-state index in [1.54, 1.807) is 0 Å². The highest BCUT2D eigenvalue weighted by atomic mass is 15.3. The standard InChI is InChI=1S/C13H20N4/c1-5-11(9(2)3)14-13-15-12-10(4)7-6-8-17(12)16-13/h6-9,11H,5H2,1-4H3,(H,14,16). The minimum Gasteiger partial charge on any atom is -0.350 e. The molecule has 1 unspecified atom stereocenters. The van der Waals surface area contributed by atoms with Crippen molar-refractivity contribution in [2.75, 3.05) is 5.32 Å². The zero-order valence-corrected chi connectivity index (χ0v) is 10.9. The second kappa shape index (κ2) is 4.73. The summed E-state index contributed by atoms with van der Waals surface area (Å²) < 4.78 is 1.82. The molecule has 0 aliphatic heterocycles. The van der Waals surface area contributed by atoms with Crippen LogP contribution < -0.4 is 5.32 Å². The highest BCUT2D eigenvalue weighted by molar-refractivity contribution is 5.49. The summed E-state index contributed by atoms with van der Waals surface area (Å²) in [6.07, 6.45) is 3.00. The van der Waals surface area contributed by atoms with Crippen LogP contribution in [0.3, 0.4) is 0 Å². The van der Waals surface area contributed by atoms with E-state index in [1.165, 1.54) is 0 Å². The van der Waals surface area contributed by atoms with Crippen molar-refractivity contribution in [3.63, 3.8) is 0 Å². The lowest BCUT2D eigenvalue weighted by Gasteiger charge is -2.19. The average molecular weight is 232 g/mol. The third-order valence-electron chi connectivity index (χ3n) is 3.12. The normalized spacial score (nSPS) is 13.2. The molecule has 2 aromatic rings. The molecule has 0 aromatic carbocycles. The fourth-order valence-electron chi connectivity index (χ4n) is 2.01. The van der Waals surface area contributed by atoms with Crippen LogP contribution in [0, 0.1) is 12.8 Å². The Kier molecular flexibility index (Phi) is 3.31. The molecular weight excluding hydrogens is 212 g/mol. The van der Waals surface area contributed by atoms with E-state index in [-0.39, 0.29) is 0 Å². The number of anilines is 1. The molecule has 0 radical (unpaired) electrons. The van der Waals surface area contributed by atoms with Crippen LogP contribution in [0.4, 0.5) is 5.95 Å². The van der Waals surface area contributed by atoms with Crippen molar-refractivity contribution in [1.29, 1.82) is 0 Å². The Morgan fingerprint density at radius 2 is 2.18 bits per heavy atom. The van der Waals surface area contributed by atoms with E-state index in [2.05, 4.69) is 36.2 Å². The van der Waals surface area contributed by atoms with Crippen molar-refractivity contribution in [2.45, 2.75) is 40.2 Å². The molecule has 4 heteroatoms. The number of fused-ring (bicyclic) bond motifs is 1. The molecule has 1 N–H and O–H groups in total. The van der Waals surface area contributed by atoms with E-state index >= 15 is 0 Å². The molecule has 92 valence electrons. The van der Waals surface area contributed by atoms with Gasteiger partial charge in [-0.15, -0.1) is 5.10 Å². The Morgan fingerprint density at radius 1 is 1.41 bits per heavy atom. The van der Waals surface area contributed by atoms with Gasteiger partial charge in [-0.1, -0.05) is 26.8 Å². The van der Waals surface area contributed by atoms with Gasteiger partial charge in [-0.2, -0.15) is 4.98 Å². The van der Waals surface area contributed by atoms with Gasteiger partial charge in [0, 0.05) is 12.2 Å². The van der Waals surface area contributed by atoms with Gasteiger partial charge >= 0.3 is 0 Å². The van der Waals surface area contributed by atoms with Crippen LogP contribution in [0.2, 0.25) is 0 Å². The summed E-state index contributed by atoms with van der Waals surface area (Å²) in [5, 5.41) is 7.84. The van der Waals surface area contributed by atoms with Gasteiger partial charge in [0.15, 0.2) is 5.65 Å². The molecule has 0 aliphatic carbocycles. The molecule has 2 rings (SSSR count). The summed E-state index contributed by atoms with van der Waals surface area (Å²) in [6.45, 7) is 8.65. The number of rotatable bonds is 4. The molecule has 0 saturated carbocycles. The van der Waals surface area contributed by atoms with E-state index in [4.69, 9.17) is 0 Å². The summed E-state index contributed by atoms with van der Waals surface area (Å²) in [5.41, 5.74) is 2.07. The van der Waals surface area contributed by atoms with Gasteiger partial charge in [0.05, 0.1) is 0 Å². The molecular formula is C13H20N4. The first-order valence-corrected chi connectivity index (χ1v) is 6.20. The SMILES string of the molecule is CCC(Nc1nc2c(C)cccn2n1)C(C)C. The van der Waals surface area contributed by atoms with Gasteiger partial charge in [-0.25, -0.2) is 4.52 Å². The molecule has 17 heavy (non-hydrogen) atoms. The van der Waals surface area contributed by atoms with E-state index in [0.717, 1.165) is 23.6 Å². The van der Waals surface area contributed by atoms with Gasteiger partial charge in [0.25, 0.3) is 0 Å². The van der Waals surface area contributed by atoms with Crippen LogP contribution in [0.1, 0.15) is 32.8 Å². The number of nitrogens with zero attached hydrogens (tertiary/aromatic N) is 3. The van der Waals surface area contributed by atoms with Crippen LogP contribution in [0.25, 0.3) is 5.65 Å². The molecule has 1 atom stereocenters. The topological polar surface area (TPSA) is 42.2 Å². The monoisotopic (exact) mass is 232 g/mol. The molecule has 0 aliphatic rings.